The van der Waals surface area contributed by atoms with Gasteiger partial charge in [0.25, 0.3) is 0 Å². The highest BCUT2D eigenvalue weighted by Crippen LogP contribution is 2.31. The fraction of sp³-hybridized carbons (Fsp3) is 0.200. The molecule has 3 nitrogen and oxygen atoms in total. The molecule has 0 saturated heterocycles. The third-order valence-corrected chi connectivity index (χ3v) is 5.08. The van der Waals surface area contributed by atoms with Gasteiger partial charge in [-0.1, -0.05) is 47.5 Å². The average Bonchev–Trinajstić information content (AvgIpc) is 3.06. The molecule has 0 atom stereocenters. The molecule has 0 amide bonds. The Balaban J connectivity index is 1.68. The SMILES string of the molecule is O=C(OCc1ccc(Cl)cc1Cl)c1c2c(nc3ccccc13)CCC2. The van der Waals surface area contributed by atoms with Crippen LogP contribution in [-0.4, -0.2) is 11.0 Å². The van der Waals surface area contributed by atoms with Crippen LogP contribution in [0, 0.1) is 0 Å². The van der Waals surface area contributed by atoms with Gasteiger partial charge in [0.1, 0.15) is 6.61 Å². The van der Waals surface area contributed by atoms with Gasteiger partial charge in [0, 0.05) is 26.7 Å². The summed E-state index contributed by atoms with van der Waals surface area (Å²) in [5.41, 5.74) is 4.23. The van der Waals surface area contributed by atoms with Crippen molar-refractivity contribution in [2.75, 3.05) is 0 Å². The zero-order valence-corrected chi connectivity index (χ0v) is 14.9. The molecule has 25 heavy (non-hydrogen) atoms. The van der Waals surface area contributed by atoms with Crippen LogP contribution in [0.1, 0.15) is 33.6 Å². The second-order valence-corrected chi connectivity index (χ2v) is 6.94. The fourth-order valence-corrected chi connectivity index (χ4v) is 3.76. The van der Waals surface area contributed by atoms with Gasteiger partial charge in [0.05, 0.1) is 11.1 Å². The van der Waals surface area contributed by atoms with E-state index in [-0.39, 0.29) is 12.6 Å². The standard InChI is InChI=1S/C20H15Cl2NO2/c21-13-9-8-12(16(22)10-13)11-25-20(24)19-14-4-1-2-6-17(14)23-18-7-3-5-15(18)19/h1-2,4,6,8-10H,3,5,7,11H2. The Morgan fingerprint density at radius 1 is 1.12 bits per heavy atom. The molecule has 0 spiro atoms. The summed E-state index contributed by atoms with van der Waals surface area (Å²) in [5.74, 6) is -0.331. The van der Waals surface area contributed by atoms with E-state index in [9.17, 15) is 4.79 Å². The van der Waals surface area contributed by atoms with E-state index in [2.05, 4.69) is 0 Å². The van der Waals surface area contributed by atoms with Crippen LogP contribution in [0.5, 0.6) is 0 Å². The number of nitrogens with zero attached hydrogens (tertiary/aromatic N) is 1. The number of ether oxygens (including phenoxy) is 1. The van der Waals surface area contributed by atoms with E-state index >= 15 is 0 Å². The summed E-state index contributed by atoms with van der Waals surface area (Å²) in [5, 5.41) is 1.89. The second-order valence-electron chi connectivity index (χ2n) is 6.09. The number of esters is 1. The molecule has 0 N–H and O–H groups in total. The Kier molecular flexibility index (Phi) is 4.36. The van der Waals surface area contributed by atoms with E-state index in [1.807, 2.05) is 24.3 Å². The van der Waals surface area contributed by atoms with Crippen LogP contribution in [-0.2, 0) is 24.2 Å². The van der Waals surface area contributed by atoms with Crippen LogP contribution in [0.4, 0.5) is 0 Å². The van der Waals surface area contributed by atoms with Crippen molar-refractivity contribution in [2.24, 2.45) is 0 Å². The van der Waals surface area contributed by atoms with Crippen molar-refractivity contribution >= 4 is 40.1 Å². The van der Waals surface area contributed by atoms with Crippen molar-refractivity contribution in [1.82, 2.24) is 4.98 Å². The number of halogens is 2. The minimum atomic E-state index is -0.331. The number of rotatable bonds is 3. The lowest BCUT2D eigenvalue weighted by molar-refractivity contribution is 0.0474. The summed E-state index contributed by atoms with van der Waals surface area (Å²) in [4.78, 5) is 17.5. The summed E-state index contributed by atoms with van der Waals surface area (Å²) in [6, 6.07) is 12.8. The Morgan fingerprint density at radius 2 is 1.96 bits per heavy atom. The number of hydrogen-bond acceptors (Lipinski definition) is 3. The van der Waals surface area contributed by atoms with E-state index in [0.29, 0.717) is 15.6 Å². The molecule has 3 aromatic rings. The van der Waals surface area contributed by atoms with Gasteiger partial charge in [-0.3, -0.25) is 4.98 Å². The number of pyridine rings is 1. The number of hydrogen-bond donors (Lipinski definition) is 0. The molecule has 1 heterocycles. The number of carbonyl (C=O) groups is 1. The highest BCUT2D eigenvalue weighted by molar-refractivity contribution is 6.35. The minimum Gasteiger partial charge on any atom is -0.457 e. The van der Waals surface area contributed by atoms with Crippen molar-refractivity contribution in [2.45, 2.75) is 25.9 Å². The summed E-state index contributed by atoms with van der Waals surface area (Å²) in [7, 11) is 0. The van der Waals surface area contributed by atoms with E-state index < -0.39 is 0 Å². The Bertz CT molecular complexity index is 985. The lowest BCUT2D eigenvalue weighted by Crippen LogP contribution is -2.10. The average molecular weight is 372 g/mol. The molecule has 0 saturated carbocycles. The van der Waals surface area contributed by atoms with Crippen molar-refractivity contribution in [3.63, 3.8) is 0 Å². The zero-order valence-electron chi connectivity index (χ0n) is 13.4. The molecule has 1 aliphatic rings. The molecule has 0 aliphatic heterocycles. The Morgan fingerprint density at radius 3 is 2.80 bits per heavy atom. The van der Waals surface area contributed by atoms with Crippen molar-refractivity contribution in [3.05, 3.63) is 74.9 Å². The highest BCUT2D eigenvalue weighted by Gasteiger charge is 2.24. The maximum Gasteiger partial charge on any atom is 0.339 e. The molecule has 0 unspecified atom stereocenters. The van der Waals surface area contributed by atoms with Crippen LogP contribution in [0.3, 0.4) is 0 Å². The predicted octanol–water partition coefficient (Wildman–Crippen LogP) is 5.39. The molecule has 1 aromatic heterocycles. The molecule has 0 radical (unpaired) electrons. The molecule has 0 fully saturated rings. The summed E-state index contributed by atoms with van der Waals surface area (Å²) in [6.45, 7) is 0.111. The van der Waals surface area contributed by atoms with Gasteiger partial charge < -0.3 is 4.74 Å². The lowest BCUT2D eigenvalue weighted by Gasteiger charge is -2.12. The smallest absolute Gasteiger partial charge is 0.339 e. The maximum atomic E-state index is 12.9. The van der Waals surface area contributed by atoms with E-state index in [0.717, 1.165) is 47.0 Å². The lowest BCUT2D eigenvalue weighted by atomic mass is 10.0. The highest BCUT2D eigenvalue weighted by atomic mass is 35.5. The summed E-state index contributed by atoms with van der Waals surface area (Å²) < 4.78 is 5.57. The minimum absolute atomic E-state index is 0.111. The first kappa shape index (κ1) is 16.4. The van der Waals surface area contributed by atoms with Gasteiger partial charge in [-0.2, -0.15) is 0 Å². The quantitative estimate of drug-likeness (QED) is 0.579. The number of aryl methyl sites for hydroxylation is 1. The fourth-order valence-electron chi connectivity index (χ4n) is 3.30. The van der Waals surface area contributed by atoms with Gasteiger partial charge in [-0.25, -0.2) is 4.79 Å². The van der Waals surface area contributed by atoms with Crippen LogP contribution >= 0.6 is 23.2 Å². The van der Waals surface area contributed by atoms with E-state index in [1.54, 1.807) is 18.2 Å². The topological polar surface area (TPSA) is 39.2 Å². The Hall–Kier alpha value is -2.10. The second kappa shape index (κ2) is 6.66. The monoisotopic (exact) mass is 371 g/mol. The number of para-hydroxylation sites is 1. The summed E-state index contributed by atoms with van der Waals surface area (Å²) in [6.07, 6.45) is 2.78. The number of benzene rings is 2. The van der Waals surface area contributed by atoms with Crippen molar-refractivity contribution < 1.29 is 9.53 Å². The molecule has 5 heteroatoms. The van der Waals surface area contributed by atoms with Crippen LogP contribution in [0.25, 0.3) is 10.9 Å². The Labute approximate surface area is 155 Å². The van der Waals surface area contributed by atoms with Crippen LogP contribution < -0.4 is 0 Å². The van der Waals surface area contributed by atoms with Gasteiger partial charge >= 0.3 is 5.97 Å². The first-order valence-electron chi connectivity index (χ1n) is 8.15. The molecular weight excluding hydrogens is 357 g/mol. The molecule has 0 bridgehead atoms. The molecule has 4 rings (SSSR count). The maximum absolute atomic E-state index is 12.9. The molecule has 1 aliphatic carbocycles. The van der Waals surface area contributed by atoms with Gasteiger partial charge in [0.15, 0.2) is 0 Å². The van der Waals surface area contributed by atoms with Crippen LogP contribution in [0.2, 0.25) is 10.0 Å². The van der Waals surface area contributed by atoms with Gasteiger partial charge in [-0.05, 0) is 43.0 Å². The molecule has 126 valence electrons. The first-order chi connectivity index (χ1) is 12.1. The largest absolute Gasteiger partial charge is 0.457 e. The van der Waals surface area contributed by atoms with Crippen LogP contribution in [0.15, 0.2) is 42.5 Å². The van der Waals surface area contributed by atoms with Gasteiger partial charge in [0.2, 0.25) is 0 Å². The third kappa shape index (κ3) is 3.10. The normalized spacial score (nSPS) is 13.0. The summed E-state index contributed by atoms with van der Waals surface area (Å²) >= 11 is 12.1. The van der Waals surface area contributed by atoms with Gasteiger partial charge in [-0.15, -0.1) is 0 Å². The third-order valence-electron chi connectivity index (χ3n) is 4.50. The first-order valence-corrected chi connectivity index (χ1v) is 8.90. The number of aromatic nitrogens is 1. The zero-order chi connectivity index (χ0) is 17.4. The van der Waals surface area contributed by atoms with Crippen molar-refractivity contribution in [3.8, 4) is 0 Å². The molecule has 2 aromatic carbocycles. The number of carbonyl (C=O) groups excluding carboxylic acids is 1. The predicted molar refractivity (Wildman–Crippen MR) is 99.3 cm³/mol. The number of fused-ring (bicyclic) bond motifs is 2. The van der Waals surface area contributed by atoms with E-state index in [4.69, 9.17) is 32.9 Å². The van der Waals surface area contributed by atoms with E-state index in [1.165, 1.54) is 0 Å². The molecular formula is C20H15Cl2NO2. The van der Waals surface area contributed by atoms with Crippen molar-refractivity contribution in [1.29, 1.82) is 0 Å².